The number of alkyl halides is 3. The number of rotatable bonds is 8. The van der Waals surface area contributed by atoms with Gasteiger partial charge in [-0.2, -0.15) is 0 Å². The second-order valence-corrected chi connectivity index (χ2v) is 5.35. The van der Waals surface area contributed by atoms with Crippen molar-refractivity contribution in [1.82, 2.24) is 5.32 Å². The summed E-state index contributed by atoms with van der Waals surface area (Å²) in [6, 6.07) is 13.0. The number of anilines is 1. The topological polar surface area (TPSA) is 59.6 Å². The molecule has 0 spiro atoms. The molecule has 0 aliphatic carbocycles. The van der Waals surface area contributed by atoms with Crippen molar-refractivity contribution in [2.45, 2.75) is 12.8 Å². The number of carbonyl (C=O) groups excluding carboxylic acids is 1. The van der Waals surface area contributed by atoms with Gasteiger partial charge in [-0.05, 0) is 36.2 Å². The summed E-state index contributed by atoms with van der Waals surface area (Å²) >= 11 is 0. The summed E-state index contributed by atoms with van der Waals surface area (Å²) in [4.78, 5) is 11.8. The number of para-hydroxylation sites is 2. The molecule has 26 heavy (non-hydrogen) atoms. The summed E-state index contributed by atoms with van der Waals surface area (Å²) in [6.45, 7) is 0.244. The van der Waals surface area contributed by atoms with Crippen molar-refractivity contribution < 1.29 is 27.4 Å². The first kappa shape index (κ1) is 19.4. The van der Waals surface area contributed by atoms with Crippen LogP contribution in [-0.2, 0) is 11.2 Å². The number of hydrogen-bond donors (Lipinski definition) is 2. The number of hydrogen-bond acceptors (Lipinski definition) is 4. The van der Waals surface area contributed by atoms with E-state index in [1.54, 1.807) is 13.2 Å². The molecule has 140 valence electrons. The largest absolute Gasteiger partial charge is 0.573 e. The van der Waals surface area contributed by atoms with Crippen LogP contribution in [0.25, 0.3) is 0 Å². The molecule has 2 aromatic carbocycles. The number of nitrogens with one attached hydrogen (secondary N) is 2. The molecule has 0 aliphatic heterocycles. The maximum absolute atomic E-state index is 12.4. The van der Waals surface area contributed by atoms with Crippen LogP contribution in [0.1, 0.15) is 5.56 Å². The number of ether oxygens (including phenoxy) is 2. The summed E-state index contributed by atoms with van der Waals surface area (Å²) in [5.41, 5.74) is 1.12. The first-order chi connectivity index (χ1) is 12.4. The number of amides is 1. The molecular formula is C18H19F3N2O3. The molecule has 0 aromatic heterocycles. The van der Waals surface area contributed by atoms with Crippen LogP contribution in [0.2, 0.25) is 0 Å². The summed E-state index contributed by atoms with van der Waals surface area (Å²) in [6.07, 6.45) is -4.16. The summed E-state index contributed by atoms with van der Waals surface area (Å²) in [5, 5.41) is 5.35. The van der Waals surface area contributed by atoms with E-state index >= 15 is 0 Å². The van der Waals surface area contributed by atoms with Crippen molar-refractivity contribution in [2.75, 3.05) is 25.5 Å². The smallest absolute Gasteiger partial charge is 0.497 e. The van der Waals surface area contributed by atoms with Crippen molar-refractivity contribution in [3.8, 4) is 11.5 Å². The van der Waals surface area contributed by atoms with Gasteiger partial charge < -0.3 is 20.1 Å². The molecule has 0 saturated heterocycles. The lowest BCUT2D eigenvalue weighted by Crippen LogP contribution is -2.31. The molecule has 0 radical (unpaired) electrons. The quantitative estimate of drug-likeness (QED) is 0.750. The van der Waals surface area contributed by atoms with Crippen molar-refractivity contribution in [3.63, 3.8) is 0 Å². The van der Waals surface area contributed by atoms with Gasteiger partial charge in [0.05, 0.1) is 19.3 Å². The van der Waals surface area contributed by atoms with Crippen LogP contribution >= 0.6 is 0 Å². The normalized spacial score (nSPS) is 10.9. The van der Waals surface area contributed by atoms with Crippen molar-refractivity contribution in [1.29, 1.82) is 0 Å². The molecule has 2 N–H and O–H groups in total. The Labute approximate surface area is 149 Å². The zero-order valence-electron chi connectivity index (χ0n) is 14.1. The number of methoxy groups -OCH3 is 1. The lowest BCUT2D eigenvalue weighted by atomic mass is 10.1. The molecule has 1 amide bonds. The van der Waals surface area contributed by atoms with Crippen LogP contribution in [0.15, 0.2) is 48.5 Å². The van der Waals surface area contributed by atoms with Crippen molar-refractivity contribution in [3.05, 3.63) is 54.1 Å². The summed E-state index contributed by atoms with van der Waals surface area (Å²) in [5.74, 6) is 0.0353. The molecule has 0 unspecified atom stereocenters. The highest BCUT2D eigenvalue weighted by molar-refractivity contribution is 5.81. The molecule has 0 atom stereocenters. The van der Waals surface area contributed by atoms with Crippen LogP contribution in [0.4, 0.5) is 18.9 Å². The molecule has 8 heteroatoms. The van der Waals surface area contributed by atoms with E-state index in [0.717, 1.165) is 11.3 Å². The first-order valence-corrected chi connectivity index (χ1v) is 7.85. The Bertz CT molecular complexity index is 718. The van der Waals surface area contributed by atoms with Crippen molar-refractivity contribution in [2.24, 2.45) is 0 Å². The van der Waals surface area contributed by atoms with Gasteiger partial charge in [-0.1, -0.05) is 24.3 Å². The van der Waals surface area contributed by atoms with Crippen LogP contribution in [-0.4, -0.2) is 32.5 Å². The van der Waals surface area contributed by atoms with Crippen molar-refractivity contribution >= 4 is 11.6 Å². The van der Waals surface area contributed by atoms with Gasteiger partial charge in [0, 0.05) is 6.54 Å². The third kappa shape index (κ3) is 6.54. The zero-order chi connectivity index (χ0) is 19.0. The minimum absolute atomic E-state index is 0.0927. The average Bonchev–Trinajstić information content (AvgIpc) is 2.60. The first-order valence-electron chi connectivity index (χ1n) is 7.85. The second-order valence-electron chi connectivity index (χ2n) is 5.35. The highest BCUT2D eigenvalue weighted by Gasteiger charge is 2.32. The van der Waals surface area contributed by atoms with Crippen LogP contribution in [0, 0.1) is 0 Å². The molecule has 0 fully saturated rings. The third-order valence-electron chi connectivity index (χ3n) is 3.45. The number of carbonyl (C=O) groups is 1. The minimum atomic E-state index is -4.79. The predicted molar refractivity (Wildman–Crippen MR) is 91.3 cm³/mol. The maximum Gasteiger partial charge on any atom is 0.573 e. The van der Waals surface area contributed by atoms with E-state index in [0.29, 0.717) is 13.0 Å². The third-order valence-corrected chi connectivity index (χ3v) is 3.45. The fourth-order valence-corrected chi connectivity index (χ4v) is 2.20. The van der Waals surface area contributed by atoms with Gasteiger partial charge in [-0.15, -0.1) is 13.2 Å². The fraction of sp³-hybridized carbons (Fsp3) is 0.278. The van der Waals surface area contributed by atoms with Gasteiger partial charge in [-0.25, -0.2) is 0 Å². The number of benzene rings is 2. The van der Waals surface area contributed by atoms with Gasteiger partial charge in [0.1, 0.15) is 5.75 Å². The minimum Gasteiger partial charge on any atom is -0.497 e. The lowest BCUT2D eigenvalue weighted by molar-refractivity contribution is -0.274. The van der Waals surface area contributed by atoms with E-state index in [1.807, 2.05) is 24.3 Å². The van der Waals surface area contributed by atoms with Gasteiger partial charge in [0.15, 0.2) is 5.75 Å². The Morgan fingerprint density at radius 1 is 1.08 bits per heavy atom. The predicted octanol–water partition coefficient (Wildman–Crippen LogP) is 3.36. The average molecular weight is 368 g/mol. The highest BCUT2D eigenvalue weighted by Crippen LogP contribution is 2.29. The Kier molecular flexibility index (Phi) is 6.71. The van der Waals surface area contributed by atoms with Gasteiger partial charge in [0.2, 0.25) is 5.91 Å². The van der Waals surface area contributed by atoms with E-state index in [2.05, 4.69) is 15.4 Å². The standard InChI is InChI=1S/C18H19F3N2O3/c1-25-14-8-6-13(7-9-14)10-11-22-17(24)12-23-15-4-2-3-5-16(15)26-18(19,20)21/h2-9,23H,10-12H2,1H3,(H,22,24). The fourth-order valence-electron chi connectivity index (χ4n) is 2.20. The molecule has 2 rings (SSSR count). The summed E-state index contributed by atoms with van der Waals surface area (Å²) in [7, 11) is 1.58. The lowest BCUT2D eigenvalue weighted by Gasteiger charge is -2.14. The van der Waals surface area contributed by atoms with Gasteiger partial charge in [-0.3, -0.25) is 4.79 Å². The molecule has 0 aliphatic rings. The monoisotopic (exact) mass is 368 g/mol. The molecule has 0 saturated carbocycles. The van der Waals surface area contributed by atoms with E-state index in [-0.39, 0.29) is 23.9 Å². The van der Waals surface area contributed by atoms with E-state index in [9.17, 15) is 18.0 Å². The van der Waals surface area contributed by atoms with Gasteiger partial charge >= 0.3 is 6.36 Å². The highest BCUT2D eigenvalue weighted by atomic mass is 19.4. The number of halogens is 3. The molecule has 0 bridgehead atoms. The molecule has 2 aromatic rings. The second kappa shape index (κ2) is 8.98. The Morgan fingerprint density at radius 2 is 1.77 bits per heavy atom. The SMILES string of the molecule is COc1ccc(CCNC(=O)CNc2ccccc2OC(F)(F)F)cc1. The van der Waals surface area contributed by atoms with E-state index < -0.39 is 6.36 Å². The molecular weight excluding hydrogens is 349 g/mol. The van der Waals surface area contributed by atoms with Crippen LogP contribution in [0.5, 0.6) is 11.5 Å². The maximum atomic E-state index is 12.4. The molecule has 5 nitrogen and oxygen atoms in total. The zero-order valence-corrected chi connectivity index (χ0v) is 14.1. The summed E-state index contributed by atoms with van der Waals surface area (Å²) < 4.78 is 46.1. The van der Waals surface area contributed by atoms with Crippen LogP contribution < -0.4 is 20.1 Å². The van der Waals surface area contributed by atoms with Gasteiger partial charge in [0.25, 0.3) is 0 Å². The van der Waals surface area contributed by atoms with Crippen LogP contribution in [0.3, 0.4) is 0 Å². The molecule has 0 heterocycles. The Balaban J connectivity index is 1.78. The van der Waals surface area contributed by atoms with E-state index in [4.69, 9.17) is 4.74 Å². The Morgan fingerprint density at radius 3 is 2.42 bits per heavy atom. The van der Waals surface area contributed by atoms with E-state index in [1.165, 1.54) is 18.2 Å². The Hall–Kier alpha value is -2.90.